The lowest BCUT2D eigenvalue weighted by Crippen LogP contribution is -2.63. The summed E-state index contributed by atoms with van der Waals surface area (Å²) in [7, 11) is 9.68. The van der Waals surface area contributed by atoms with Crippen LogP contribution in [0.3, 0.4) is 0 Å². The molecule has 8 aromatic carbocycles. The number of hydrogen-bond donors (Lipinski definition) is 8. The van der Waals surface area contributed by atoms with Crippen LogP contribution in [0.15, 0.2) is 155 Å². The average molecular weight is 1910 g/mol. The maximum absolute atomic E-state index is 15.1. The third-order valence-corrected chi connectivity index (χ3v) is 36.9. The van der Waals surface area contributed by atoms with Crippen LogP contribution in [-0.2, 0) is 74.8 Å². The molecule has 23 heteroatoms. The lowest BCUT2D eigenvalue weighted by Gasteiger charge is -2.61. The van der Waals surface area contributed by atoms with Gasteiger partial charge in [-0.2, -0.15) is 0 Å². The van der Waals surface area contributed by atoms with E-state index in [2.05, 4.69) is 150 Å². The Hall–Kier alpha value is -10.3. The minimum absolute atomic E-state index is 0.191. The number of carbonyl (C=O) groups excluding carboxylic acids is 2. The van der Waals surface area contributed by atoms with Gasteiger partial charge in [-0.05, 0) is 392 Å². The Morgan fingerprint density at radius 2 is 0.662 bits per heavy atom. The number of benzene rings is 6. The largest absolute Gasteiger partial charge is 0.493 e. The molecule has 0 spiro atoms. The molecule has 0 unspecified atom stereocenters. The van der Waals surface area contributed by atoms with Crippen molar-refractivity contribution in [2.75, 3.05) is 53.5 Å². The minimum atomic E-state index is -0.472. The van der Waals surface area contributed by atoms with E-state index in [0.29, 0.717) is 146 Å². The summed E-state index contributed by atoms with van der Waals surface area (Å²) in [6, 6.07) is 52.3. The van der Waals surface area contributed by atoms with Gasteiger partial charge in [-0.25, -0.2) is 0 Å². The van der Waals surface area contributed by atoms with Gasteiger partial charge >= 0.3 is 0 Å². The van der Waals surface area contributed by atoms with Crippen molar-refractivity contribution in [1.29, 1.82) is 0 Å². The molecule has 0 aromatic heterocycles. The number of anilines is 2. The smallest absolute Gasteiger partial charge is 0.217 e. The van der Waals surface area contributed by atoms with Crippen LogP contribution < -0.4 is 82.2 Å². The zero-order chi connectivity index (χ0) is 95.4. The van der Waals surface area contributed by atoms with E-state index in [0.717, 1.165) is 147 Å². The molecule has 8 N–H and O–H groups in total. The Morgan fingerprint density at radius 3 is 0.964 bits per heavy atom. The van der Waals surface area contributed by atoms with E-state index >= 15 is 9.59 Å². The van der Waals surface area contributed by atoms with E-state index in [1.165, 1.54) is 174 Å². The number of hydrogen-bond acceptors (Lipinski definition) is 16. The van der Waals surface area contributed by atoms with Crippen LogP contribution in [0.25, 0.3) is 22.3 Å². The minimum Gasteiger partial charge on any atom is -0.493 e. The number of nitrogens with zero attached hydrogens (tertiary/aromatic N) is 3. The van der Waals surface area contributed by atoms with Crippen LogP contribution in [-0.4, -0.2) is 101 Å². The highest BCUT2D eigenvalue weighted by Crippen LogP contribution is 2.63. The molecule has 139 heavy (non-hydrogen) atoms. The third kappa shape index (κ3) is 18.8. The number of aryl methyl sites for hydroxylation is 2. The van der Waals surface area contributed by atoms with Crippen molar-refractivity contribution in [3.8, 4) is 56.8 Å². The van der Waals surface area contributed by atoms with E-state index in [-0.39, 0.29) is 44.8 Å². The van der Waals surface area contributed by atoms with Crippen LogP contribution >= 0.6 is 24.4 Å². The van der Waals surface area contributed by atoms with Crippen molar-refractivity contribution >= 4 is 57.8 Å². The molecule has 2 atom stereocenters. The molecule has 16 fully saturated rings. The summed E-state index contributed by atoms with van der Waals surface area (Å²) in [6.07, 6.45) is 32.5. The molecular formula is C116H142N11O10S2+. The molecule has 16 saturated carbocycles. The second-order valence-electron chi connectivity index (χ2n) is 46.1. The maximum atomic E-state index is 15.1. The van der Waals surface area contributed by atoms with Gasteiger partial charge in [0.05, 0.1) is 54.7 Å². The first kappa shape index (κ1) is 93.7. The summed E-state index contributed by atoms with van der Waals surface area (Å²) in [5.74, 6) is 11.3. The third-order valence-electron chi connectivity index (χ3n) is 36.2. The van der Waals surface area contributed by atoms with Crippen molar-refractivity contribution < 1.29 is 42.5 Å². The number of carbonyl (C=O) groups is 2. The van der Waals surface area contributed by atoms with Crippen LogP contribution in [0.5, 0.6) is 34.5 Å². The molecule has 0 aliphatic heterocycles. The monoisotopic (exact) mass is 1910 g/mol. The second-order valence-corrected chi connectivity index (χ2v) is 46.9. The zero-order valence-corrected chi connectivity index (χ0v) is 84.3. The summed E-state index contributed by atoms with van der Waals surface area (Å²) >= 11 is 13.7. The molecule has 2 amide bonds. The van der Waals surface area contributed by atoms with Crippen molar-refractivity contribution in [2.45, 2.75) is 280 Å². The van der Waals surface area contributed by atoms with E-state index in [4.69, 9.17) is 52.9 Å². The Bertz CT molecular complexity index is 5710. The number of ether oxygens (including phenoxy) is 6. The summed E-state index contributed by atoms with van der Waals surface area (Å²) in [6.45, 7) is 8.88. The Labute approximate surface area is 831 Å². The van der Waals surface area contributed by atoms with Crippen molar-refractivity contribution in [3.63, 3.8) is 0 Å². The number of rotatable bonds is 32. The van der Waals surface area contributed by atoms with Gasteiger partial charge in [0.2, 0.25) is 34.2 Å². The van der Waals surface area contributed by atoms with Crippen LogP contribution in [0.2, 0.25) is 0 Å². The highest BCUT2D eigenvalue weighted by atomic mass is 32.1. The number of fused-ring (bicyclic) bond motifs is 6. The molecule has 8 aromatic rings. The molecule has 732 valence electrons. The van der Waals surface area contributed by atoms with Gasteiger partial charge in [0.25, 0.3) is 0 Å². The Morgan fingerprint density at radius 1 is 0.367 bits per heavy atom. The highest BCUT2D eigenvalue weighted by Gasteiger charge is 2.58. The van der Waals surface area contributed by atoms with Gasteiger partial charge in [0.15, 0.2) is 33.2 Å². The first-order valence-corrected chi connectivity index (χ1v) is 53.1. The van der Waals surface area contributed by atoms with E-state index < -0.39 is 12.1 Å². The fourth-order valence-corrected chi connectivity index (χ4v) is 33.1. The Balaban J connectivity index is 0.618. The zero-order valence-electron chi connectivity index (χ0n) is 82.6. The molecule has 26 rings (SSSR count). The van der Waals surface area contributed by atoms with Gasteiger partial charge in [-0.3, -0.25) is 40.9 Å². The number of hydrazine groups is 2. The maximum Gasteiger partial charge on any atom is 0.217 e. The number of methoxy groups -OCH3 is 6. The topological polar surface area (TPSA) is 226 Å². The number of nitrogens with one attached hydrogen (secondary N) is 8. The first-order valence-electron chi connectivity index (χ1n) is 52.3. The Kier molecular flexibility index (Phi) is 25.7. The van der Waals surface area contributed by atoms with Gasteiger partial charge in [-0.15, -0.1) is 0 Å². The standard InChI is InChI=1S/C116H141N11O10S2/c1-69(128)119-97-25-21-91-45-103(132-3)107(134-5)109(136-7)105(91)93-23-27-99(101(130)47-95(93)97)121-123-111(138)125(115-55-85-39-86(56-115)41-87(40-85)57-115)63-73-15-11-19-77(31-73)67-127(65-75-17-9-13-71(29-75)61-117-113-49-79-33-80(50-113)35-81(34-79)51-113,66-76-18-10-14-72(30-76)62-118-114-52-82-36-83(53-114)38-84(37-82)54-114)68-78-20-12-16-74(32-78)64-126(116-58-88-42-89(59-116)44-90(43-88)60-116)112(139)124-122-100-28-24-94-96(48-102(100)131)98(120-70(2)129)26-22-92-46-104(133-4)108(135-6)110(137-8)106(92)94/h9-20,23-24,27-32,45-48,79-90,97-98,117-118H,21-22,25-26,33-44,49-68H2,1-8H3,(H5-,119,120,121,122,123,124,128,129,130,131,138,139)/p+1/t79-,80-,81?,82-,83-,84?,85-,86-,87?,88-,89-,90?,97-,98-,113-,114-,115-,116-,127?/m0/s1. The van der Waals surface area contributed by atoms with Gasteiger partial charge in [-0.1, -0.05) is 84.9 Å². The van der Waals surface area contributed by atoms with Crippen LogP contribution in [0, 0.1) is 71.0 Å². The van der Waals surface area contributed by atoms with E-state index in [9.17, 15) is 9.59 Å². The molecule has 0 radical (unpaired) electrons. The first-order chi connectivity index (χ1) is 67.4. The van der Waals surface area contributed by atoms with Crippen LogP contribution in [0.4, 0.5) is 11.4 Å². The van der Waals surface area contributed by atoms with E-state index in [1.807, 2.05) is 36.4 Å². The summed E-state index contributed by atoms with van der Waals surface area (Å²) < 4.78 is 36.7. The van der Waals surface area contributed by atoms with Gasteiger partial charge in [0, 0.05) is 95.6 Å². The molecule has 0 saturated heterocycles. The molecule has 18 aliphatic carbocycles. The van der Waals surface area contributed by atoms with Gasteiger partial charge < -0.3 is 64.0 Å². The molecule has 16 bridgehead atoms. The second kappa shape index (κ2) is 38.2. The molecule has 21 nitrogen and oxygen atoms in total. The summed E-state index contributed by atoms with van der Waals surface area (Å²) in [4.78, 5) is 61.5. The number of amides is 2. The van der Waals surface area contributed by atoms with Gasteiger partial charge in [0.1, 0.15) is 37.6 Å². The van der Waals surface area contributed by atoms with Crippen LogP contribution in [0.1, 0.15) is 260 Å². The molecule has 0 heterocycles. The average Bonchev–Trinajstić information content (AvgIpc) is 1.35. The quantitative estimate of drug-likeness (QED) is 0.0111. The molecular weight excluding hydrogens is 1770 g/mol. The lowest BCUT2D eigenvalue weighted by molar-refractivity contribution is -0.978. The van der Waals surface area contributed by atoms with Crippen molar-refractivity contribution in [3.05, 3.63) is 233 Å². The van der Waals surface area contributed by atoms with Crippen molar-refractivity contribution in [2.24, 2.45) is 71.0 Å². The highest BCUT2D eigenvalue weighted by molar-refractivity contribution is 7.80. The number of quaternary nitrogens is 1. The normalized spacial score (nSPS) is 29.3. The number of thiocarbonyl (C=S) groups is 2. The SMILES string of the molecule is COc1cc2c(c(OC)c1OC)-c1ccc(NNC(=S)N(Cc3cccc(C[N+](Cc4cccc(CN[C@]56CC7C[C@H](C[C@@H](C7)C5)C6)c4)(Cc4cccc(CN[C@]56CC7C[C@H](C[C@@H](C7)C5)C6)c4)Cc4cccc(CN(C(=S)NNc5ccc6c(cc5=O)[C@@H](NC(C)=O)CCc5cc(OC)c(OC)c(OC)c5-6)[C@]56CC7C[C@H](C[C@@H](C7)C5)C6)c4)c3)[C@]34CC5C[C@H](C[C@@H](C5)C3)C4)c(=O)cc1[C@@H](NC(C)=O)CC2. The fraction of sp³-hybridized carbons (Fsp3) is 0.534. The van der Waals surface area contributed by atoms with Crippen molar-refractivity contribution in [1.82, 2.24) is 41.9 Å². The van der Waals surface area contributed by atoms with E-state index in [1.54, 1.807) is 54.8 Å². The predicted molar refractivity (Wildman–Crippen MR) is 553 cm³/mol. The summed E-state index contributed by atoms with van der Waals surface area (Å²) in [5, 5.41) is 16.2. The lowest BCUT2D eigenvalue weighted by atomic mass is 9.52. The predicted octanol–water partition coefficient (Wildman–Crippen LogP) is 20.4. The molecule has 18 aliphatic rings. The summed E-state index contributed by atoms with van der Waals surface area (Å²) in [5.41, 5.74) is 30.7. The fourth-order valence-electron chi connectivity index (χ4n) is 32.5.